The highest BCUT2D eigenvalue weighted by Gasteiger charge is 2.09. The first-order chi connectivity index (χ1) is 10.6. The lowest BCUT2D eigenvalue weighted by Crippen LogP contribution is -2.20. The summed E-state index contributed by atoms with van der Waals surface area (Å²) in [6, 6.07) is 7.89. The number of amides is 1. The standard InChI is InChI=1S/C17H24N4O/c1-4-20(3)16-9-6-5-8-15(16)19-17(22)10-7-12-21-13-11-18-14(21)2/h5-6,8-9,11,13H,4,7,10,12H2,1-3H3,(H,19,22). The van der Waals surface area contributed by atoms with Crippen molar-refractivity contribution in [2.45, 2.75) is 33.2 Å². The van der Waals surface area contributed by atoms with Gasteiger partial charge >= 0.3 is 0 Å². The summed E-state index contributed by atoms with van der Waals surface area (Å²) in [6.45, 7) is 5.77. The summed E-state index contributed by atoms with van der Waals surface area (Å²) in [5, 5.41) is 3.01. The third-order valence-electron chi connectivity index (χ3n) is 3.79. The van der Waals surface area contributed by atoms with Crippen molar-refractivity contribution in [1.29, 1.82) is 0 Å². The minimum Gasteiger partial charge on any atom is -0.373 e. The van der Waals surface area contributed by atoms with Crippen LogP contribution in [0.15, 0.2) is 36.7 Å². The first-order valence-electron chi connectivity index (χ1n) is 7.69. The van der Waals surface area contributed by atoms with E-state index in [0.29, 0.717) is 6.42 Å². The molecule has 0 atom stereocenters. The fourth-order valence-electron chi connectivity index (χ4n) is 2.35. The average Bonchev–Trinajstić information content (AvgIpc) is 2.92. The lowest BCUT2D eigenvalue weighted by atomic mass is 10.2. The Morgan fingerprint density at radius 2 is 2.14 bits per heavy atom. The van der Waals surface area contributed by atoms with Crippen molar-refractivity contribution >= 4 is 17.3 Å². The predicted molar refractivity (Wildman–Crippen MR) is 90.2 cm³/mol. The molecule has 1 aromatic carbocycles. The van der Waals surface area contributed by atoms with Crippen LogP contribution in [0.4, 0.5) is 11.4 Å². The van der Waals surface area contributed by atoms with Gasteiger partial charge in [0, 0.05) is 39.0 Å². The number of hydrogen-bond acceptors (Lipinski definition) is 3. The van der Waals surface area contributed by atoms with Crippen LogP contribution in [-0.4, -0.2) is 29.1 Å². The van der Waals surface area contributed by atoms with Crippen LogP contribution in [-0.2, 0) is 11.3 Å². The minimum absolute atomic E-state index is 0.0507. The van der Waals surface area contributed by atoms with Crippen molar-refractivity contribution in [3.05, 3.63) is 42.5 Å². The molecule has 118 valence electrons. The highest BCUT2D eigenvalue weighted by molar-refractivity contribution is 5.94. The molecule has 5 heteroatoms. The average molecular weight is 300 g/mol. The van der Waals surface area contributed by atoms with Crippen LogP contribution in [0.1, 0.15) is 25.6 Å². The molecule has 2 aromatic rings. The SMILES string of the molecule is CCN(C)c1ccccc1NC(=O)CCCn1ccnc1C. The Morgan fingerprint density at radius 3 is 2.82 bits per heavy atom. The third kappa shape index (κ3) is 4.10. The van der Waals surface area contributed by atoms with Gasteiger partial charge in [0.05, 0.1) is 11.4 Å². The second-order valence-electron chi connectivity index (χ2n) is 5.35. The number of nitrogens with one attached hydrogen (secondary N) is 1. The molecule has 0 radical (unpaired) electrons. The molecule has 1 heterocycles. The van der Waals surface area contributed by atoms with Crippen LogP contribution < -0.4 is 10.2 Å². The number of carbonyl (C=O) groups excluding carboxylic acids is 1. The van der Waals surface area contributed by atoms with Crippen LogP contribution >= 0.6 is 0 Å². The van der Waals surface area contributed by atoms with Crippen LogP contribution in [0.3, 0.4) is 0 Å². The fraction of sp³-hybridized carbons (Fsp3) is 0.412. The number of hydrogen-bond donors (Lipinski definition) is 1. The maximum atomic E-state index is 12.1. The van der Waals surface area contributed by atoms with E-state index in [-0.39, 0.29) is 5.91 Å². The molecule has 0 spiro atoms. The van der Waals surface area contributed by atoms with E-state index in [1.807, 2.05) is 44.4 Å². The number of rotatable bonds is 7. The Morgan fingerprint density at radius 1 is 1.36 bits per heavy atom. The Bertz CT molecular complexity index is 621. The van der Waals surface area contributed by atoms with Crippen LogP contribution in [0.25, 0.3) is 0 Å². The van der Waals surface area contributed by atoms with Gasteiger partial charge in [0.2, 0.25) is 5.91 Å². The first-order valence-corrected chi connectivity index (χ1v) is 7.69. The molecule has 22 heavy (non-hydrogen) atoms. The summed E-state index contributed by atoms with van der Waals surface area (Å²) in [7, 11) is 2.02. The van der Waals surface area contributed by atoms with E-state index in [1.54, 1.807) is 6.20 Å². The van der Waals surface area contributed by atoms with Crippen LogP contribution in [0, 0.1) is 6.92 Å². The van der Waals surface area contributed by atoms with E-state index >= 15 is 0 Å². The number of imidazole rings is 1. The molecule has 2 rings (SSSR count). The highest BCUT2D eigenvalue weighted by Crippen LogP contribution is 2.24. The summed E-state index contributed by atoms with van der Waals surface area (Å²) in [5.74, 6) is 1.03. The molecule has 0 unspecified atom stereocenters. The topological polar surface area (TPSA) is 50.2 Å². The maximum Gasteiger partial charge on any atom is 0.224 e. The zero-order valence-electron chi connectivity index (χ0n) is 13.5. The second kappa shape index (κ2) is 7.64. The van der Waals surface area contributed by atoms with Gasteiger partial charge in [0.1, 0.15) is 5.82 Å². The minimum atomic E-state index is 0.0507. The van der Waals surface area contributed by atoms with E-state index in [0.717, 1.165) is 36.7 Å². The Kier molecular flexibility index (Phi) is 5.58. The lowest BCUT2D eigenvalue weighted by Gasteiger charge is -2.20. The normalized spacial score (nSPS) is 10.5. The molecular formula is C17H24N4O. The van der Waals surface area contributed by atoms with Gasteiger partial charge in [0.15, 0.2) is 0 Å². The number of carbonyl (C=O) groups is 1. The van der Waals surface area contributed by atoms with Crippen LogP contribution in [0.5, 0.6) is 0 Å². The Hall–Kier alpha value is -2.30. The number of para-hydroxylation sites is 2. The van der Waals surface area contributed by atoms with Gasteiger partial charge < -0.3 is 14.8 Å². The first kappa shape index (κ1) is 16.1. The molecule has 0 saturated carbocycles. The monoisotopic (exact) mass is 300 g/mol. The summed E-state index contributed by atoms with van der Waals surface area (Å²) in [4.78, 5) is 18.4. The zero-order valence-corrected chi connectivity index (χ0v) is 13.5. The van der Waals surface area contributed by atoms with Gasteiger partial charge in [0.25, 0.3) is 0 Å². The molecule has 0 aliphatic carbocycles. The lowest BCUT2D eigenvalue weighted by molar-refractivity contribution is -0.116. The Labute approximate surface area is 132 Å². The number of aryl methyl sites for hydroxylation is 2. The van der Waals surface area contributed by atoms with Crippen molar-refractivity contribution in [3.63, 3.8) is 0 Å². The van der Waals surface area contributed by atoms with Crippen molar-refractivity contribution in [1.82, 2.24) is 9.55 Å². The molecule has 1 N–H and O–H groups in total. The Balaban J connectivity index is 1.88. The van der Waals surface area contributed by atoms with Gasteiger partial charge in [-0.15, -0.1) is 0 Å². The smallest absolute Gasteiger partial charge is 0.224 e. The fourth-order valence-corrected chi connectivity index (χ4v) is 2.35. The quantitative estimate of drug-likeness (QED) is 0.855. The molecule has 1 amide bonds. The van der Waals surface area contributed by atoms with Crippen molar-refractivity contribution in [3.8, 4) is 0 Å². The number of nitrogens with zero attached hydrogens (tertiary/aromatic N) is 3. The van der Waals surface area contributed by atoms with E-state index < -0.39 is 0 Å². The zero-order chi connectivity index (χ0) is 15.9. The van der Waals surface area contributed by atoms with E-state index in [4.69, 9.17) is 0 Å². The van der Waals surface area contributed by atoms with Crippen molar-refractivity contribution < 1.29 is 4.79 Å². The van der Waals surface area contributed by atoms with Crippen molar-refractivity contribution in [2.24, 2.45) is 0 Å². The second-order valence-corrected chi connectivity index (χ2v) is 5.35. The van der Waals surface area contributed by atoms with Gasteiger partial charge in [-0.3, -0.25) is 4.79 Å². The molecule has 1 aromatic heterocycles. The molecule has 0 bridgehead atoms. The number of benzene rings is 1. The molecule has 5 nitrogen and oxygen atoms in total. The molecule has 0 saturated heterocycles. The predicted octanol–water partition coefficient (Wildman–Crippen LogP) is 3.07. The van der Waals surface area contributed by atoms with Crippen LogP contribution in [0.2, 0.25) is 0 Å². The van der Waals surface area contributed by atoms with E-state index in [1.165, 1.54) is 0 Å². The third-order valence-corrected chi connectivity index (χ3v) is 3.79. The van der Waals surface area contributed by atoms with Gasteiger partial charge in [-0.05, 0) is 32.4 Å². The maximum absolute atomic E-state index is 12.1. The largest absolute Gasteiger partial charge is 0.373 e. The summed E-state index contributed by atoms with van der Waals surface area (Å²) in [5.41, 5.74) is 1.92. The molecule has 0 aliphatic heterocycles. The van der Waals surface area contributed by atoms with E-state index in [2.05, 4.69) is 26.7 Å². The highest BCUT2D eigenvalue weighted by atomic mass is 16.1. The molecule has 0 fully saturated rings. The molecule has 0 aliphatic rings. The summed E-state index contributed by atoms with van der Waals surface area (Å²) < 4.78 is 2.06. The van der Waals surface area contributed by atoms with Crippen molar-refractivity contribution in [2.75, 3.05) is 23.8 Å². The number of anilines is 2. The van der Waals surface area contributed by atoms with Gasteiger partial charge in [-0.2, -0.15) is 0 Å². The molecular weight excluding hydrogens is 276 g/mol. The summed E-state index contributed by atoms with van der Waals surface area (Å²) in [6.07, 6.45) is 5.03. The summed E-state index contributed by atoms with van der Waals surface area (Å²) >= 11 is 0. The van der Waals surface area contributed by atoms with Gasteiger partial charge in [-0.25, -0.2) is 4.98 Å². The van der Waals surface area contributed by atoms with E-state index in [9.17, 15) is 4.79 Å². The number of aromatic nitrogens is 2. The van der Waals surface area contributed by atoms with Gasteiger partial charge in [-0.1, -0.05) is 12.1 Å².